The molecular weight excluding hydrogens is 709 g/mol. The van der Waals surface area contributed by atoms with Gasteiger partial charge in [0.05, 0.1) is 11.6 Å². The van der Waals surface area contributed by atoms with Crippen molar-refractivity contribution in [3.8, 4) is 5.75 Å². The molecule has 0 unspecified atom stereocenters. The Bertz CT molecular complexity index is 1680. The zero-order valence-corrected chi connectivity index (χ0v) is 31.1. The van der Waals surface area contributed by atoms with Crippen LogP contribution in [0.15, 0.2) is 79.4 Å². The molecule has 272 valence electrons. The summed E-state index contributed by atoms with van der Waals surface area (Å²) >= 11 is 18.4. The molecule has 0 aliphatic carbocycles. The number of ether oxygens (including phenoxy) is 3. The molecule has 2 aliphatic heterocycles. The summed E-state index contributed by atoms with van der Waals surface area (Å²) in [7, 11) is 0. The zero-order valence-electron chi connectivity index (χ0n) is 28.8. The van der Waals surface area contributed by atoms with Gasteiger partial charge >= 0.3 is 0 Å². The number of halogens is 2. The summed E-state index contributed by atoms with van der Waals surface area (Å²) in [5.74, 6) is -0.396. The molecule has 3 aromatic carbocycles. The summed E-state index contributed by atoms with van der Waals surface area (Å²) < 4.78 is 20.6. The Balaban J connectivity index is 0.980. The second-order valence-electron chi connectivity index (χ2n) is 12.7. The van der Waals surface area contributed by atoms with E-state index in [1.165, 1.54) is 12.0 Å². The molecule has 0 amide bonds. The fourth-order valence-electron chi connectivity index (χ4n) is 6.33. The lowest BCUT2D eigenvalue weighted by atomic mass is 10.1. The van der Waals surface area contributed by atoms with Crippen molar-refractivity contribution in [2.75, 3.05) is 74.2 Å². The molecule has 14 heteroatoms. The van der Waals surface area contributed by atoms with Gasteiger partial charge in [-0.05, 0) is 85.7 Å². The topological polar surface area (TPSA) is 100 Å². The standard InChI is InChI=1S/C37H45Cl2N7O4S/c1-2-3-15-45(16-4-21-47)36(51)42-29-6-8-30(9-7-29)43-17-19-44(20-18-43)31-10-12-32(13-11-31)48-23-33-24-49-37(50-33,25-46-27-40-26-41-46)34-14-5-28(38)22-35(34)39/h5-14,22,26-27,33,47H,2-4,15-21,23-25H2,1H3,(H,42,51)/t33-,37-/m1/s1. The van der Waals surface area contributed by atoms with Crippen molar-refractivity contribution in [3.05, 3.63) is 95.0 Å². The Morgan fingerprint density at radius 3 is 2.31 bits per heavy atom. The average Bonchev–Trinajstić information content (AvgIpc) is 3.82. The van der Waals surface area contributed by atoms with Gasteiger partial charge in [-0.15, -0.1) is 0 Å². The highest BCUT2D eigenvalue weighted by molar-refractivity contribution is 7.80. The molecule has 3 heterocycles. The van der Waals surface area contributed by atoms with E-state index in [1.807, 2.05) is 18.2 Å². The quantitative estimate of drug-likeness (QED) is 0.131. The molecule has 11 nitrogen and oxygen atoms in total. The van der Waals surface area contributed by atoms with Crippen LogP contribution >= 0.6 is 35.4 Å². The van der Waals surface area contributed by atoms with Gasteiger partial charge in [-0.25, -0.2) is 9.67 Å². The highest BCUT2D eigenvalue weighted by Crippen LogP contribution is 2.40. The number of aliphatic hydroxyl groups is 1. The maximum absolute atomic E-state index is 9.27. The molecule has 0 saturated carbocycles. The number of thiocarbonyl (C=S) groups is 1. The number of nitrogens with one attached hydrogen (secondary N) is 1. The largest absolute Gasteiger partial charge is 0.491 e. The minimum atomic E-state index is -1.15. The van der Waals surface area contributed by atoms with Gasteiger partial charge in [0.15, 0.2) is 5.11 Å². The van der Waals surface area contributed by atoms with Gasteiger partial charge in [0, 0.05) is 73.5 Å². The summed E-state index contributed by atoms with van der Waals surface area (Å²) in [5.41, 5.74) is 4.00. The van der Waals surface area contributed by atoms with Crippen molar-refractivity contribution in [1.29, 1.82) is 0 Å². The van der Waals surface area contributed by atoms with Crippen LogP contribution in [-0.2, 0) is 21.8 Å². The Hall–Kier alpha value is -3.65. The van der Waals surface area contributed by atoms with Crippen LogP contribution in [0.4, 0.5) is 17.1 Å². The smallest absolute Gasteiger partial charge is 0.217 e. The fourth-order valence-corrected chi connectivity index (χ4v) is 7.18. The third-order valence-electron chi connectivity index (χ3n) is 9.09. The predicted octanol–water partition coefficient (Wildman–Crippen LogP) is 6.44. The molecule has 4 aromatic rings. The van der Waals surface area contributed by atoms with E-state index in [4.69, 9.17) is 49.6 Å². The molecule has 2 atom stereocenters. The van der Waals surface area contributed by atoms with Gasteiger partial charge in [0.25, 0.3) is 0 Å². The summed E-state index contributed by atoms with van der Waals surface area (Å²) in [4.78, 5) is 11.0. The average molecular weight is 755 g/mol. The second-order valence-corrected chi connectivity index (χ2v) is 13.9. The van der Waals surface area contributed by atoms with E-state index in [9.17, 15) is 5.11 Å². The van der Waals surface area contributed by atoms with E-state index < -0.39 is 5.79 Å². The number of rotatable bonds is 15. The number of hydrogen-bond acceptors (Lipinski definition) is 9. The van der Waals surface area contributed by atoms with Crippen molar-refractivity contribution >= 4 is 57.6 Å². The lowest BCUT2D eigenvalue weighted by molar-refractivity contribution is -0.190. The van der Waals surface area contributed by atoms with Gasteiger partial charge in [0.2, 0.25) is 5.79 Å². The number of anilines is 3. The zero-order chi connectivity index (χ0) is 35.6. The van der Waals surface area contributed by atoms with Gasteiger partial charge in [-0.2, -0.15) is 5.10 Å². The Kier molecular flexibility index (Phi) is 12.9. The van der Waals surface area contributed by atoms with Crippen molar-refractivity contribution in [2.45, 2.75) is 44.6 Å². The summed E-state index contributed by atoms with van der Waals surface area (Å²) in [5, 5.41) is 18.6. The molecule has 0 spiro atoms. The van der Waals surface area contributed by atoms with Gasteiger partial charge in [0.1, 0.15) is 37.7 Å². The normalized spacial score (nSPS) is 18.9. The van der Waals surface area contributed by atoms with Crippen LogP contribution in [0.5, 0.6) is 5.75 Å². The van der Waals surface area contributed by atoms with Crippen LogP contribution in [0.3, 0.4) is 0 Å². The number of nitrogens with zero attached hydrogens (tertiary/aromatic N) is 6. The van der Waals surface area contributed by atoms with E-state index in [0.29, 0.717) is 40.4 Å². The third-order valence-corrected chi connectivity index (χ3v) is 10.0. The van der Waals surface area contributed by atoms with Crippen LogP contribution in [0.25, 0.3) is 0 Å². The number of aliphatic hydroxyl groups excluding tert-OH is 1. The van der Waals surface area contributed by atoms with Crippen LogP contribution in [0, 0.1) is 0 Å². The monoisotopic (exact) mass is 753 g/mol. The maximum atomic E-state index is 9.27. The molecule has 2 saturated heterocycles. The first kappa shape index (κ1) is 37.1. The molecule has 0 radical (unpaired) electrons. The Morgan fingerprint density at radius 2 is 1.69 bits per heavy atom. The number of unbranched alkanes of at least 4 members (excludes halogenated alkanes) is 1. The summed E-state index contributed by atoms with van der Waals surface area (Å²) in [6.45, 7) is 8.54. The van der Waals surface area contributed by atoms with Crippen LogP contribution in [0.1, 0.15) is 31.7 Å². The van der Waals surface area contributed by atoms with Gasteiger partial charge in [-0.1, -0.05) is 42.6 Å². The van der Waals surface area contributed by atoms with Gasteiger partial charge < -0.3 is 39.3 Å². The minimum absolute atomic E-state index is 0.164. The molecular formula is C37H45Cl2N7O4S. The highest BCUT2D eigenvalue weighted by Gasteiger charge is 2.45. The molecule has 0 bridgehead atoms. The van der Waals surface area contributed by atoms with Crippen molar-refractivity contribution < 1.29 is 19.3 Å². The second kappa shape index (κ2) is 17.7. The highest BCUT2D eigenvalue weighted by atomic mass is 35.5. The number of aromatic nitrogens is 3. The molecule has 51 heavy (non-hydrogen) atoms. The number of benzene rings is 3. The molecule has 6 rings (SSSR count). The van der Waals surface area contributed by atoms with Crippen LogP contribution in [0.2, 0.25) is 10.0 Å². The Morgan fingerprint density at radius 1 is 1.00 bits per heavy atom. The van der Waals surface area contributed by atoms with Crippen molar-refractivity contribution in [1.82, 2.24) is 19.7 Å². The van der Waals surface area contributed by atoms with E-state index in [1.54, 1.807) is 23.1 Å². The first-order chi connectivity index (χ1) is 24.9. The van der Waals surface area contributed by atoms with Gasteiger partial charge in [-0.3, -0.25) is 0 Å². The number of piperazine rings is 1. The summed E-state index contributed by atoms with van der Waals surface area (Å²) in [6.07, 6.45) is 5.63. The van der Waals surface area contributed by atoms with Crippen molar-refractivity contribution in [3.63, 3.8) is 0 Å². The van der Waals surface area contributed by atoms with E-state index in [-0.39, 0.29) is 19.3 Å². The molecule has 1 aromatic heterocycles. The predicted molar refractivity (Wildman–Crippen MR) is 206 cm³/mol. The van der Waals surface area contributed by atoms with Crippen molar-refractivity contribution in [2.24, 2.45) is 0 Å². The summed E-state index contributed by atoms with van der Waals surface area (Å²) in [6, 6.07) is 21.9. The SMILES string of the molecule is CCCCN(CCCO)C(=S)Nc1ccc(N2CCN(c3ccc(OC[C@@H]4CO[C@@](Cn5cncn5)(c5ccc(Cl)cc5Cl)O4)cc3)CC2)cc1. The lowest BCUT2D eigenvalue weighted by Gasteiger charge is -2.37. The minimum Gasteiger partial charge on any atom is -0.491 e. The van der Waals surface area contributed by atoms with E-state index >= 15 is 0 Å². The van der Waals surface area contributed by atoms with Crippen LogP contribution in [-0.4, -0.2) is 95.1 Å². The van der Waals surface area contributed by atoms with E-state index in [0.717, 1.165) is 69.2 Å². The number of hydrogen-bond donors (Lipinski definition) is 2. The molecule has 2 N–H and O–H groups in total. The molecule has 2 fully saturated rings. The van der Waals surface area contributed by atoms with Crippen LogP contribution < -0.4 is 19.9 Å². The maximum Gasteiger partial charge on any atom is 0.217 e. The third kappa shape index (κ3) is 9.62. The fraction of sp³-hybridized carbons (Fsp3) is 0.432. The first-order valence-corrected chi connectivity index (χ1v) is 18.6. The molecule has 2 aliphatic rings. The Labute approximate surface area is 315 Å². The first-order valence-electron chi connectivity index (χ1n) is 17.4. The lowest BCUT2D eigenvalue weighted by Crippen LogP contribution is -2.46. The van der Waals surface area contributed by atoms with E-state index in [2.05, 4.69) is 73.4 Å².